The number of ether oxygens (including phenoxy) is 2. The van der Waals surface area contributed by atoms with Crippen molar-refractivity contribution < 1.29 is 19.1 Å². The first-order valence-electron chi connectivity index (χ1n) is 9.95. The monoisotopic (exact) mass is 470 g/mol. The fraction of sp³-hybridized carbons (Fsp3) is 0.217. The van der Waals surface area contributed by atoms with Crippen molar-refractivity contribution in [2.24, 2.45) is 0 Å². The van der Waals surface area contributed by atoms with Gasteiger partial charge in [0.15, 0.2) is 7.85 Å². The second kappa shape index (κ2) is 10.1. The Morgan fingerprint density at radius 3 is 2.34 bits per heavy atom. The number of hydrogen-bond donors (Lipinski definition) is 2. The van der Waals surface area contributed by atoms with Crippen LogP contribution < -0.4 is 24.9 Å². The van der Waals surface area contributed by atoms with Crippen LogP contribution >= 0.6 is 22.9 Å². The van der Waals surface area contributed by atoms with Crippen molar-refractivity contribution >= 4 is 47.4 Å². The van der Waals surface area contributed by atoms with Crippen LogP contribution in [0, 0.1) is 0 Å². The van der Waals surface area contributed by atoms with Crippen molar-refractivity contribution in [2.75, 3.05) is 7.11 Å². The highest BCUT2D eigenvalue weighted by molar-refractivity contribution is 7.21. The molecule has 2 amide bonds. The zero-order chi connectivity index (χ0) is 23.3. The first-order valence-corrected chi connectivity index (χ1v) is 11.1. The maximum Gasteiger partial charge on any atom is 0.262 e. The van der Waals surface area contributed by atoms with E-state index in [1.165, 1.54) is 11.3 Å². The highest BCUT2D eigenvalue weighted by Crippen LogP contribution is 2.32. The van der Waals surface area contributed by atoms with Crippen molar-refractivity contribution in [1.82, 2.24) is 10.6 Å². The van der Waals surface area contributed by atoms with Gasteiger partial charge in [-0.2, -0.15) is 0 Å². The maximum atomic E-state index is 12.6. The van der Waals surface area contributed by atoms with Gasteiger partial charge < -0.3 is 20.1 Å². The molecule has 0 radical (unpaired) electrons. The Kier molecular flexibility index (Phi) is 7.48. The van der Waals surface area contributed by atoms with Crippen LogP contribution in [0.3, 0.4) is 0 Å². The second-order valence-electron chi connectivity index (χ2n) is 7.71. The molecule has 0 saturated carbocycles. The molecule has 3 aromatic rings. The number of benzene rings is 2. The average Bonchev–Trinajstić information content (AvgIpc) is 3.20. The Hall–Kier alpha value is -2.97. The number of carbonyl (C=O) groups is 2. The molecule has 0 atom stereocenters. The molecule has 6 nitrogen and oxygen atoms in total. The van der Waals surface area contributed by atoms with Crippen molar-refractivity contribution in [3.63, 3.8) is 0 Å². The van der Waals surface area contributed by atoms with Crippen molar-refractivity contribution in [1.29, 1.82) is 0 Å². The lowest BCUT2D eigenvalue weighted by molar-refractivity contribution is -0.126. The van der Waals surface area contributed by atoms with E-state index >= 15 is 0 Å². The lowest BCUT2D eigenvalue weighted by atomic mass is 10.0. The van der Waals surface area contributed by atoms with Crippen molar-refractivity contribution in [3.8, 4) is 17.2 Å². The minimum atomic E-state index is -1.05. The summed E-state index contributed by atoms with van der Waals surface area (Å²) in [5.74, 6) is 1.25. The number of nitrogens with one attached hydrogen (secondary N) is 2. The minimum Gasteiger partial charge on any atom is -0.497 e. The van der Waals surface area contributed by atoms with Crippen LogP contribution in [-0.2, 0) is 11.3 Å². The fourth-order valence-electron chi connectivity index (χ4n) is 2.86. The third-order valence-electron chi connectivity index (χ3n) is 4.70. The normalized spacial score (nSPS) is 11.0. The van der Waals surface area contributed by atoms with Gasteiger partial charge in [-0.3, -0.25) is 9.59 Å². The van der Waals surface area contributed by atoms with Crippen LogP contribution in [0.4, 0.5) is 0 Å². The van der Waals surface area contributed by atoms with Gasteiger partial charge in [0.1, 0.15) is 22.8 Å². The van der Waals surface area contributed by atoms with E-state index < -0.39 is 5.54 Å². The van der Waals surface area contributed by atoms with E-state index in [4.69, 9.17) is 21.1 Å². The smallest absolute Gasteiger partial charge is 0.262 e. The summed E-state index contributed by atoms with van der Waals surface area (Å²) in [5, 5.41) is 6.10. The number of thiophene rings is 1. The highest BCUT2D eigenvalue weighted by atomic mass is 35.5. The molecule has 0 fully saturated rings. The van der Waals surface area contributed by atoms with E-state index in [-0.39, 0.29) is 11.8 Å². The molecular weight excluding hydrogens is 447 g/mol. The second-order valence-corrected chi connectivity index (χ2v) is 9.41. The Morgan fingerprint density at radius 1 is 1.06 bits per heavy atom. The standard InChI is InChI=1S/C23H24BClN2O4S/c1-23(2,27-21(28)19-10-11-20(24)32-19)22(29)26-13-14-4-6-15(7-5-14)31-18-9-8-16(30-3)12-17(18)25/h4-12H,13,24H2,1-3H3,(H,26,29)(H,27,28). The molecule has 0 spiro atoms. The Bertz CT molecular complexity index is 1120. The molecule has 0 aliphatic rings. The summed E-state index contributed by atoms with van der Waals surface area (Å²) in [6, 6.07) is 16.1. The van der Waals surface area contributed by atoms with Crippen LogP contribution in [0.2, 0.25) is 5.02 Å². The number of carbonyl (C=O) groups excluding carboxylic acids is 2. The van der Waals surface area contributed by atoms with Crippen molar-refractivity contribution in [2.45, 2.75) is 25.9 Å². The maximum absolute atomic E-state index is 12.6. The summed E-state index contributed by atoms with van der Waals surface area (Å²) >= 11 is 7.60. The van der Waals surface area contributed by atoms with Crippen LogP contribution in [-0.4, -0.2) is 32.3 Å². The Balaban J connectivity index is 1.55. The lowest BCUT2D eigenvalue weighted by Gasteiger charge is -2.25. The van der Waals surface area contributed by atoms with Gasteiger partial charge in [-0.1, -0.05) is 29.8 Å². The summed E-state index contributed by atoms with van der Waals surface area (Å²) in [7, 11) is 3.50. The quantitative estimate of drug-likeness (QED) is 0.495. The molecule has 2 aromatic carbocycles. The van der Waals surface area contributed by atoms with Crippen LogP contribution in [0.1, 0.15) is 29.1 Å². The van der Waals surface area contributed by atoms with E-state index in [1.54, 1.807) is 57.4 Å². The van der Waals surface area contributed by atoms with Crippen LogP contribution in [0.25, 0.3) is 0 Å². The number of halogens is 1. The van der Waals surface area contributed by atoms with Crippen LogP contribution in [0.5, 0.6) is 17.2 Å². The molecule has 0 unspecified atom stereocenters. The molecule has 0 saturated heterocycles. The predicted octanol–water partition coefficient (Wildman–Crippen LogP) is 3.29. The minimum absolute atomic E-state index is 0.262. The first-order chi connectivity index (χ1) is 15.2. The molecule has 3 rings (SSSR count). The van der Waals surface area contributed by atoms with Gasteiger partial charge in [-0.05, 0) is 54.5 Å². The van der Waals surface area contributed by atoms with Crippen molar-refractivity contribution in [3.05, 3.63) is 70.1 Å². The largest absolute Gasteiger partial charge is 0.497 e. The molecule has 1 heterocycles. The number of amides is 2. The van der Waals surface area contributed by atoms with E-state index in [0.29, 0.717) is 33.7 Å². The molecule has 1 aromatic heterocycles. The summed E-state index contributed by atoms with van der Waals surface area (Å²) in [4.78, 5) is 25.6. The van der Waals surface area contributed by atoms with Gasteiger partial charge in [-0.15, -0.1) is 11.3 Å². The van der Waals surface area contributed by atoms with Gasteiger partial charge in [0.25, 0.3) is 5.91 Å². The van der Waals surface area contributed by atoms with E-state index in [1.807, 2.05) is 26.0 Å². The number of methoxy groups -OCH3 is 1. The molecular formula is C23H24BClN2O4S. The summed E-state index contributed by atoms with van der Waals surface area (Å²) < 4.78 is 12.0. The summed E-state index contributed by atoms with van der Waals surface area (Å²) in [6.45, 7) is 3.67. The van der Waals surface area contributed by atoms with E-state index in [2.05, 4.69) is 10.6 Å². The predicted molar refractivity (Wildman–Crippen MR) is 130 cm³/mol. The van der Waals surface area contributed by atoms with Gasteiger partial charge in [-0.25, -0.2) is 0 Å². The molecule has 0 bridgehead atoms. The first kappa shape index (κ1) is 23.7. The number of hydrogen-bond acceptors (Lipinski definition) is 5. The van der Waals surface area contributed by atoms with Gasteiger partial charge in [0, 0.05) is 12.6 Å². The zero-order valence-corrected chi connectivity index (χ0v) is 19.9. The molecule has 0 aliphatic carbocycles. The highest BCUT2D eigenvalue weighted by Gasteiger charge is 2.30. The Labute approximate surface area is 197 Å². The summed E-state index contributed by atoms with van der Waals surface area (Å²) in [6.07, 6.45) is 0. The molecule has 9 heteroatoms. The number of rotatable bonds is 8. The zero-order valence-electron chi connectivity index (χ0n) is 18.3. The fourth-order valence-corrected chi connectivity index (χ4v) is 3.83. The topological polar surface area (TPSA) is 76.7 Å². The van der Waals surface area contributed by atoms with E-state index in [9.17, 15) is 9.59 Å². The van der Waals surface area contributed by atoms with Crippen LogP contribution in [0.15, 0.2) is 54.6 Å². The molecule has 2 N–H and O–H groups in total. The third-order valence-corrected chi connectivity index (χ3v) is 6.00. The third kappa shape index (κ3) is 6.05. The lowest BCUT2D eigenvalue weighted by Crippen LogP contribution is -2.54. The molecule has 166 valence electrons. The average molecular weight is 471 g/mol. The van der Waals surface area contributed by atoms with Gasteiger partial charge in [0.05, 0.1) is 17.0 Å². The van der Waals surface area contributed by atoms with Gasteiger partial charge >= 0.3 is 0 Å². The molecule has 32 heavy (non-hydrogen) atoms. The SMILES string of the molecule is Bc1ccc(C(=O)NC(C)(C)C(=O)NCc2ccc(Oc3ccc(OC)cc3Cl)cc2)s1. The summed E-state index contributed by atoms with van der Waals surface area (Å²) in [5.41, 5.74) is -0.161. The molecule has 0 aliphatic heterocycles. The Morgan fingerprint density at radius 2 is 1.75 bits per heavy atom. The van der Waals surface area contributed by atoms with E-state index in [0.717, 1.165) is 10.3 Å². The van der Waals surface area contributed by atoms with Gasteiger partial charge in [0.2, 0.25) is 5.91 Å².